The molecule has 0 radical (unpaired) electrons. The van der Waals surface area contributed by atoms with Crippen LogP contribution < -0.4 is 0 Å². The molecule has 1 heterocycles. The first-order valence-corrected chi connectivity index (χ1v) is 4.81. The quantitative estimate of drug-likeness (QED) is 0.661. The zero-order valence-electron chi connectivity index (χ0n) is 6.26. The van der Waals surface area contributed by atoms with Crippen LogP contribution in [0.1, 0.15) is 12.8 Å². The largest absolute Gasteiger partial charge is 0.381 e. The standard InChI is InChI=1S/C7H12F2OS/c8-7(9)5-11-6-1-3-10-4-2-6/h6-7H,1-5H2. The fourth-order valence-corrected chi connectivity index (χ4v) is 1.99. The van der Waals surface area contributed by atoms with Gasteiger partial charge in [-0.3, -0.25) is 0 Å². The van der Waals surface area contributed by atoms with E-state index in [4.69, 9.17) is 4.74 Å². The number of hydrogen-bond acceptors (Lipinski definition) is 2. The minimum atomic E-state index is -2.16. The Labute approximate surface area is 69.5 Å². The number of thioether (sulfide) groups is 1. The van der Waals surface area contributed by atoms with E-state index < -0.39 is 6.43 Å². The first kappa shape index (κ1) is 9.26. The van der Waals surface area contributed by atoms with Gasteiger partial charge in [-0.05, 0) is 12.8 Å². The molecule has 0 N–H and O–H groups in total. The average Bonchev–Trinajstić information content (AvgIpc) is 2.03. The lowest BCUT2D eigenvalue weighted by Crippen LogP contribution is -2.18. The molecule has 0 aliphatic carbocycles. The minimum Gasteiger partial charge on any atom is -0.381 e. The Morgan fingerprint density at radius 1 is 1.36 bits per heavy atom. The number of halogens is 2. The van der Waals surface area contributed by atoms with Crippen molar-refractivity contribution in [2.45, 2.75) is 24.5 Å². The zero-order chi connectivity index (χ0) is 8.10. The van der Waals surface area contributed by atoms with Gasteiger partial charge in [0.25, 0.3) is 0 Å². The molecule has 11 heavy (non-hydrogen) atoms. The van der Waals surface area contributed by atoms with Gasteiger partial charge < -0.3 is 4.74 Å². The maximum absolute atomic E-state index is 11.7. The summed E-state index contributed by atoms with van der Waals surface area (Å²) in [4.78, 5) is 0. The van der Waals surface area contributed by atoms with Crippen molar-refractivity contribution in [3.05, 3.63) is 0 Å². The summed E-state index contributed by atoms with van der Waals surface area (Å²) < 4.78 is 28.6. The lowest BCUT2D eigenvalue weighted by molar-refractivity contribution is 0.0996. The van der Waals surface area contributed by atoms with Crippen molar-refractivity contribution in [1.82, 2.24) is 0 Å². The molecule has 1 fully saturated rings. The number of hydrogen-bond donors (Lipinski definition) is 0. The molecule has 0 bridgehead atoms. The lowest BCUT2D eigenvalue weighted by atomic mass is 10.2. The Kier molecular flexibility index (Phi) is 4.15. The van der Waals surface area contributed by atoms with Crippen molar-refractivity contribution in [3.8, 4) is 0 Å². The van der Waals surface area contributed by atoms with E-state index in [9.17, 15) is 8.78 Å². The molecule has 0 aromatic heterocycles. The molecule has 0 spiro atoms. The van der Waals surface area contributed by atoms with Gasteiger partial charge in [0.05, 0.1) is 5.75 Å². The van der Waals surface area contributed by atoms with Crippen molar-refractivity contribution in [1.29, 1.82) is 0 Å². The number of ether oxygens (including phenoxy) is 1. The summed E-state index contributed by atoms with van der Waals surface area (Å²) >= 11 is 1.38. The van der Waals surface area contributed by atoms with E-state index in [1.165, 1.54) is 11.8 Å². The normalized spacial score (nSPS) is 21.0. The molecule has 0 amide bonds. The molecule has 1 aliphatic heterocycles. The van der Waals surface area contributed by atoms with E-state index >= 15 is 0 Å². The molecule has 0 atom stereocenters. The average molecular weight is 182 g/mol. The van der Waals surface area contributed by atoms with Gasteiger partial charge in [-0.25, -0.2) is 8.78 Å². The van der Waals surface area contributed by atoms with Gasteiger partial charge in [0.1, 0.15) is 0 Å². The van der Waals surface area contributed by atoms with Gasteiger partial charge in [0.2, 0.25) is 6.43 Å². The van der Waals surface area contributed by atoms with Crippen molar-refractivity contribution in [2.24, 2.45) is 0 Å². The Hall–Kier alpha value is 0.170. The Balaban J connectivity index is 2.05. The van der Waals surface area contributed by atoms with Gasteiger partial charge in [-0.15, -0.1) is 0 Å². The minimum absolute atomic E-state index is 0.0231. The first-order valence-electron chi connectivity index (χ1n) is 3.76. The first-order chi connectivity index (χ1) is 5.29. The van der Waals surface area contributed by atoms with Crippen LogP contribution in [0.4, 0.5) is 8.78 Å². The van der Waals surface area contributed by atoms with Gasteiger partial charge in [-0.2, -0.15) is 11.8 Å². The summed E-state index contributed by atoms with van der Waals surface area (Å²) in [6, 6.07) is 0. The topological polar surface area (TPSA) is 9.23 Å². The highest BCUT2D eigenvalue weighted by molar-refractivity contribution is 7.99. The number of rotatable bonds is 3. The van der Waals surface area contributed by atoms with Crippen LogP contribution in [0.5, 0.6) is 0 Å². The molecular formula is C7H12F2OS. The second-order valence-electron chi connectivity index (χ2n) is 2.54. The van der Waals surface area contributed by atoms with Gasteiger partial charge in [0.15, 0.2) is 0 Å². The van der Waals surface area contributed by atoms with Gasteiger partial charge in [-0.1, -0.05) is 0 Å². The molecule has 1 rings (SSSR count). The monoisotopic (exact) mass is 182 g/mol. The molecule has 0 aromatic carbocycles. The molecule has 0 aromatic rings. The third kappa shape index (κ3) is 3.91. The summed E-state index contributed by atoms with van der Waals surface area (Å²) in [6.07, 6.45) is -0.308. The Bertz CT molecular complexity index is 105. The predicted octanol–water partition coefficient (Wildman–Crippen LogP) is 2.16. The summed E-state index contributed by atoms with van der Waals surface area (Å²) in [5.41, 5.74) is 0. The van der Waals surface area contributed by atoms with E-state index in [2.05, 4.69) is 0 Å². The smallest absolute Gasteiger partial charge is 0.247 e. The fraction of sp³-hybridized carbons (Fsp3) is 1.00. The van der Waals surface area contributed by atoms with Crippen LogP contribution >= 0.6 is 11.8 Å². The fourth-order valence-electron chi connectivity index (χ4n) is 1.05. The van der Waals surface area contributed by atoms with Crippen LogP contribution in [0, 0.1) is 0 Å². The summed E-state index contributed by atoms with van der Waals surface area (Å²) in [5, 5.41) is 0.401. The Morgan fingerprint density at radius 2 is 2.00 bits per heavy atom. The van der Waals surface area contributed by atoms with Crippen molar-refractivity contribution in [3.63, 3.8) is 0 Å². The van der Waals surface area contributed by atoms with Crippen molar-refractivity contribution >= 4 is 11.8 Å². The lowest BCUT2D eigenvalue weighted by Gasteiger charge is -2.20. The molecular weight excluding hydrogens is 170 g/mol. The molecule has 1 saturated heterocycles. The van der Waals surface area contributed by atoms with Crippen LogP contribution in [-0.4, -0.2) is 30.6 Å². The second-order valence-corrected chi connectivity index (χ2v) is 3.87. The molecule has 1 nitrogen and oxygen atoms in total. The third-order valence-corrected chi connectivity index (χ3v) is 3.01. The Morgan fingerprint density at radius 3 is 2.55 bits per heavy atom. The molecule has 0 saturated carbocycles. The van der Waals surface area contributed by atoms with E-state index in [1.54, 1.807) is 0 Å². The number of alkyl halides is 2. The zero-order valence-corrected chi connectivity index (χ0v) is 7.08. The molecule has 1 aliphatic rings. The van der Waals surface area contributed by atoms with Crippen LogP contribution in [-0.2, 0) is 4.74 Å². The van der Waals surface area contributed by atoms with Crippen LogP contribution in [0.3, 0.4) is 0 Å². The molecule has 4 heteroatoms. The highest BCUT2D eigenvalue weighted by atomic mass is 32.2. The van der Waals surface area contributed by atoms with E-state index in [0.29, 0.717) is 5.25 Å². The van der Waals surface area contributed by atoms with Crippen molar-refractivity contribution < 1.29 is 13.5 Å². The molecule has 66 valence electrons. The third-order valence-electron chi connectivity index (χ3n) is 1.63. The SMILES string of the molecule is FC(F)CSC1CCOCC1. The maximum Gasteiger partial charge on any atom is 0.247 e. The van der Waals surface area contributed by atoms with E-state index in [0.717, 1.165) is 26.1 Å². The van der Waals surface area contributed by atoms with Crippen LogP contribution in [0.15, 0.2) is 0 Å². The predicted molar refractivity (Wildman–Crippen MR) is 42.3 cm³/mol. The highest BCUT2D eigenvalue weighted by Gasteiger charge is 2.15. The molecule has 0 unspecified atom stereocenters. The van der Waals surface area contributed by atoms with E-state index in [-0.39, 0.29) is 5.75 Å². The second kappa shape index (κ2) is 4.93. The maximum atomic E-state index is 11.7. The van der Waals surface area contributed by atoms with E-state index in [1.807, 2.05) is 0 Å². The highest BCUT2D eigenvalue weighted by Crippen LogP contribution is 2.23. The summed E-state index contributed by atoms with van der Waals surface area (Å²) in [5.74, 6) is -0.0231. The van der Waals surface area contributed by atoms with Crippen LogP contribution in [0.25, 0.3) is 0 Å². The van der Waals surface area contributed by atoms with Gasteiger partial charge in [0, 0.05) is 18.5 Å². The van der Waals surface area contributed by atoms with Crippen LogP contribution in [0.2, 0.25) is 0 Å². The summed E-state index contributed by atoms with van der Waals surface area (Å²) in [7, 11) is 0. The van der Waals surface area contributed by atoms with Crippen molar-refractivity contribution in [2.75, 3.05) is 19.0 Å². The van der Waals surface area contributed by atoms with Gasteiger partial charge >= 0.3 is 0 Å². The summed E-state index contributed by atoms with van der Waals surface area (Å²) in [6.45, 7) is 1.47.